The highest BCUT2D eigenvalue weighted by Gasteiger charge is 2.11. The molecule has 0 unspecified atom stereocenters. The third-order valence-corrected chi connectivity index (χ3v) is 3.60. The van der Waals surface area contributed by atoms with Crippen molar-refractivity contribution in [3.8, 4) is 5.75 Å². The predicted octanol–water partition coefficient (Wildman–Crippen LogP) is 4.45. The Morgan fingerprint density at radius 1 is 1.09 bits per heavy atom. The quantitative estimate of drug-likeness (QED) is 0.557. The van der Waals surface area contributed by atoms with Gasteiger partial charge in [-0.25, -0.2) is 0 Å². The molecule has 0 aromatic heterocycles. The fourth-order valence-corrected chi connectivity index (χ4v) is 2.57. The lowest BCUT2D eigenvalue weighted by Gasteiger charge is -2.16. The fourth-order valence-electron chi connectivity index (χ4n) is 2.57. The Hall–Kier alpha value is -2.35. The summed E-state index contributed by atoms with van der Waals surface area (Å²) in [4.78, 5) is 10.5. The fraction of sp³-hybridized carbons (Fsp3) is 0.250. The highest BCUT2D eigenvalue weighted by Crippen LogP contribution is 2.29. The molecule has 0 spiro atoms. The summed E-state index contributed by atoms with van der Waals surface area (Å²) in [5.74, 6) is 0.913. The maximum absolute atomic E-state index is 10.5. The Morgan fingerprint density at radius 2 is 1.86 bits per heavy atom. The Balaban J connectivity index is 2.45. The molecule has 2 rings (SSSR count). The Bertz CT molecular complexity index is 642. The number of carbonyl (C=O) groups excluding carboxylic acids is 1. The van der Waals surface area contributed by atoms with Crippen LogP contribution in [-0.2, 0) is 17.6 Å². The number of hydrogen-bond acceptors (Lipinski definition) is 2. The van der Waals surface area contributed by atoms with Gasteiger partial charge in [0.05, 0.1) is 6.61 Å². The van der Waals surface area contributed by atoms with Crippen LogP contribution in [0.5, 0.6) is 5.75 Å². The van der Waals surface area contributed by atoms with Crippen LogP contribution >= 0.6 is 0 Å². The number of allylic oxidation sites excluding steroid dienone is 1. The molecular weight excluding hydrogens is 272 g/mol. The smallest absolute Gasteiger partial charge is 0.142 e. The third kappa shape index (κ3) is 4.08. The van der Waals surface area contributed by atoms with Crippen molar-refractivity contribution in [2.24, 2.45) is 0 Å². The summed E-state index contributed by atoms with van der Waals surface area (Å²) in [7, 11) is 0. The number of aryl methyl sites for hydroxylation is 1. The molecule has 0 amide bonds. The third-order valence-electron chi connectivity index (χ3n) is 3.60. The van der Waals surface area contributed by atoms with Gasteiger partial charge in [-0.05, 0) is 42.2 Å². The van der Waals surface area contributed by atoms with Crippen LogP contribution in [0.4, 0.5) is 0 Å². The number of hydrogen-bond donors (Lipinski definition) is 0. The maximum Gasteiger partial charge on any atom is 0.142 e. The van der Waals surface area contributed by atoms with Gasteiger partial charge in [-0.1, -0.05) is 49.4 Å². The van der Waals surface area contributed by atoms with Crippen molar-refractivity contribution in [2.75, 3.05) is 6.61 Å². The van der Waals surface area contributed by atoms with Crippen LogP contribution in [0.2, 0.25) is 0 Å². The summed E-state index contributed by atoms with van der Waals surface area (Å²) in [5, 5.41) is 0. The Labute approximate surface area is 132 Å². The highest BCUT2D eigenvalue weighted by molar-refractivity contribution is 5.74. The summed E-state index contributed by atoms with van der Waals surface area (Å²) in [6, 6.07) is 14.6. The van der Waals surface area contributed by atoms with Gasteiger partial charge >= 0.3 is 0 Å². The van der Waals surface area contributed by atoms with Gasteiger partial charge in [-0.3, -0.25) is 4.79 Å². The summed E-state index contributed by atoms with van der Waals surface area (Å²) < 4.78 is 5.85. The van der Waals surface area contributed by atoms with Crippen LogP contribution in [-0.4, -0.2) is 12.9 Å². The van der Waals surface area contributed by atoms with Crippen molar-refractivity contribution in [1.29, 1.82) is 0 Å². The van der Waals surface area contributed by atoms with E-state index in [0.717, 1.165) is 30.4 Å². The van der Waals surface area contributed by atoms with Crippen molar-refractivity contribution >= 4 is 12.4 Å². The van der Waals surface area contributed by atoms with Crippen LogP contribution in [0.1, 0.15) is 36.1 Å². The number of benzene rings is 2. The first-order valence-corrected chi connectivity index (χ1v) is 7.72. The van der Waals surface area contributed by atoms with E-state index in [1.165, 1.54) is 22.8 Å². The van der Waals surface area contributed by atoms with E-state index >= 15 is 0 Å². The standard InChI is InChI=1S/C20H22O2/c1-3-18-13-17(11-8-12-21)15-20(22-4-2)19(18)14-16-9-6-5-7-10-16/h5-13,15H,3-4,14H2,1-2H3/b11-8+. The molecule has 0 radical (unpaired) electrons. The topological polar surface area (TPSA) is 26.3 Å². The van der Waals surface area contributed by atoms with E-state index in [2.05, 4.69) is 37.3 Å². The average molecular weight is 294 g/mol. The second-order valence-corrected chi connectivity index (χ2v) is 5.10. The molecule has 2 aromatic carbocycles. The molecule has 22 heavy (non-hydrogen) atoms. The predicted molar refractivity (Wildman–Crippen MR) is 91.3 cm³/mol. The minimum absolute atomic E-state index is 0.631. The molecule has 2 heteroatoms. The van der Waals surface area contributed by atoms with Crippen molar-refractivity contribution < 1.29 is 9.53 Å². The van der Waals surface area contributed by atoms with Gasteiger partial charge in [-0.2, -0.15) is 0 Å². The summed E-state index contributed by atoms with van der Waals surface area (Å²) in [5.41, 5.74) is 4.78. The second-order valence-electron chi connectivity index (χ2n) is 5.10. The molecule has 0 aliphatic heterocycles. The molecule has 2 aromatic rings. The van der Waals surface area contributed by atoms with Crippen molar-refractivity contribution in [3.63, 3.8) is 0 Å². The molecule has 0 saturated carbocycles. The van der Waals surface area contributed by atoms with Gasteiger partial charge in [0.2, 0.25) is 0 Å². The van der Waals surface area contributed by atoms with Gasteiger partial charge in [0.25, 0.3) is 0 Å². The SMILES string of the molecule is CCOc1cc(/C=C/C=O)cc(CC)c1Cc1ccccc1. The molecule has 0 aliphatic carbocycles. The number of carbonyl (C=O) groups is 1. The van der Waals surface area contributed by atoms with Crippen molar-refractivity contribution in [1.82, 2.24) is 0 Å². The largest absolute Gasteiger partial charge is 0.494 e. The van der Waals surface area contributed by atoms with Crippen LogP contribution in [0.15, 0.2) is 48.5 Å². The average Bonchev–Trinajstić information content (AvgIpc) is 2.56. The molecule has 0 bridgehead atoms. The van der Waals surface area contributed by atoms with Gasteiger partial charge in [-0.15, -0.1) is 0 Å². The van der Waals surface area contributed by atoms with Crippen LogP contribution < -0.4 is 4.74 Å². The number of aldehydes is 1. The molecule has 2 nitrogen and oxygen atoms in total. The first kappa shape index (κ1) is 16.0. The Morgan fingerprint density at radius 3 is 2.50 bits per heavy atom. The molecule has 0 N–H and O–H groups in total. The zero-order valence-corrected chi connectivity index (χ0v) is 13.2. The summed E-state index contributed by atoms with van der Waals surface area (Å²) in [6.07, 6.45) is 5.92. The highest BCUT2D eigenvalue weighted by atomic mass is 16.5. The first-order chi connectivity index (χ1) is 10.8. The summed E-state index contributed by atoms with van der Waals surface area (Å²) in [6.45, 7) is 4.77. The van der Waals surface area contributed by atoms with Crippen LogP contribution in [0.25, 0.3) is 6.08 Å². The lowest BCUT2D eigenvalue weighted by Crippen LogP contribution is -2.02. The number of ether oxygens (including phenoxy) is 1. The van der Waals surface area contributed by atoms with E-state index in [1.54, 1.807) is 0 Å². The number of rotatable bonds is 7. The van der Waals surface area contributed by atoms with Crippen LogP contribution in [0, 0.1) is 0 Å². The van der Waals surface area contributed by atoms with Crippen molar-refractivity contribution in [2.45, 2.75) is 26.7 Å². The zero-order valence-electron chi connectivity index (χ0n) is 13.2. The van der Waals surface area contributed by atoms with E-state index in [1.807, 2.05) is 25.1 Å². The van der Waals surface area contributed by atoms with Crippen LogP contribution in [0.3, 0.4) is 0 Å². The monoisotopic (exact) mass is 294 g/mol. The molecule has 0 aliphatic rings. The van der Waals surface area contributed by atoms with Gasteiger partial charge in [0.15, 0.2) is 0 Å². The van der Waals surface area contributed by atoms with E-state index in [-0.39, 0.29) is 0 Å². The lowest BCUT2D eigenvalue weighted by atomic mass is 9.95. The second kappa shape index (κ2) is 8.18. The van der Waals surface area contributed by atoms with Gasteiger partial charge < -0.3 is 4.74 Å². The van der Waals surface area contributed by atoms with Crippen molar-refractivity contribution in [3.05, 3.63) is 70.8 Å². The minimum atomic E-state index is 0.631. The molecule has 0 heterocycles. The Kier molecular flexibility index (Phi) is 5.96. The van der Waals surface area contributed by atoms with E-state index in [9.17, 15) is 4.79 Å². The zero-order chi connectivity index (χ0) is 15.8. The molecule has 0 atom stereocenters. The minimum Gasteiger partial charge on any atom is -0.494 e. The maximum atomic E-state index is 10.5. The van der Waals surface area contributed by atoms with E-state index < -0.39 is 0 Å². The van der Waals surface area contributed by atoms with E-state index in [0.29, 0.717) is 6.61 Å². The molecular formula is C20H22O2. The molecule has 0 saturated heterocycles. The first-order valence-electron chi connectivity index (χ1n) is 7.72. The summed E-state index contributed by atoms with van der Waals surface area (Å²) >= 11 is 0. The molecule has 0 fully saturated rings. The lowest BCUT2D eigenvalue weighted by molar-refractivity contribution is -0.104. The van der Waals surface area contributed by atoms with E-state index in [4.69, 9.17) is 4.74 Å². The van der Waals surface area contributed by atoms with Gasteiger partial charge in [0.1, 0.15) is 12.0 Å². The normalized spacial score (nSPS) is 10.8. The molecule has 114 valence electrons. The van der Waals surface area contributed by atoms with Gasteiger partial charge in [0, 0.05) is 12.0 Å².